The molecule has 2 aromatic rings. The molecule has 2 atom stereocenters. The van der Waals surface area contributed by atoms with Gasteiger partial charge in [-0.3, -0.25) is 0 Å². The minimum absolute atomic E-state index is 0.0917. The number of carbonyl (C=O) groups is 1. The van der Waals surface area contributed by atoms with Crippen LogP contribution in [-0.4, -0.2) is 45.1 Å². The zero-order valence-electron chi connectivity index (χ0n) is 22.9. The quantitative estimate of drug-likeness (QED) is 0.279. The van der Waals surface area contributed by atoms with Crippen LogP contribution in [0.5, 0.6) is 11.5 Å². The van der Waals surface area contributed by atoms with Gasteiger partial charge in [0.15, 0.2) is 6.10 Å². The van der Waals surface area contributed by atoms with Crippen LogP contribution in [0.3, 0.4) is 0 Å². The van der Waals surface area contributed by atoms with E-state index in [9.17, 15) is 13.2 Å². The minimum Gasteiger partial charge on any atom is -0.490 e. The lowest BCUT2D eigenvalue weighted by atomic mass is 9.98. The highest BCUT2D eigenvalue weighted by Crippen LogP contribution is 2.28. The molecule has 7 nitrogen and oxygen atoms in total. The zero-order valence-corrected chi connectivity index (χ0v) is 23.7. The van der Waals surface area contributed by atoms with Gasteiger partial charge in [-0.1, -0.05) is 18.2 Å². The van der Waals surface area contributed by atoms with E-state index in [1.165, 1.54) is 7.11 Å². The van der Waals surface area contributed by atoms with Crippen molar-refractivity contribution in [3.63, 3.8) is 0 Å². The average molecular weight is 521 g/mol. The maximum atomic E-state index is 12.2. The summed E-state index contributed by atoms with van der Waals surface area (Å²) in [6.07, 6.45) is 0.198. The number of carbonyl (C=O) groups excluding carboxylic acids is 1. The van der Waals surface area contributed by atoms with Gasteiger partial charge >= 0.3 is 16.1 Å². The van der Waals surface area contributed by atoms with E-state index in [0.717, 1.165) is 33.6 Å². The van der Waals surface area contributed by atoms with Crippen LogP contribution in [0.25, 0.3) is 0 Å². The van der Waals surface area contributed by atoms with Gasteiger partial charge < -0.3 is 18.4 Å². The second-order valence-electron chi connectivity index (χ2n) is 9.73. The van der Waals surface area contributed by atoms with E-state index in [0.29, 0.717) is 18.6 Å². The monoisotopic (exact) mass is 520 g/mol. The molecule has 2 aromatic carbocycles. The second kappa shape index (κ2) is 12.6. The van der Waals surface area contributed by atoms with Gasteiger partial charge in [-0.25, -0.2) is 4.79 Å². The van der Waals surface area contributed by atoms with Gasteiger partial charge in [-0.2, -0.15) is 8.42 Å². The van der Waals surface area contributed by atoms with Crippen molar-refractivity contribution in [2.24, 2.45) is 0 Å². The molecule has 1 unspecified atom stereocenters. The Balaban J connectivity index is 2.11. The fourth-order valence-corrected chi connectivity index (χ4v) is 4.41. The molecule has 0 fully saturated rings. The predicted molar refractivity (Wildman–Crippen MR) is 141 cm³/mol. The molecule has 200 valence electrons. The summed E-state index contributed by atoms with van der Waals surface area (Å²) in [5.41, 5.74) is 4.77. The topological polar surface area (TPSA) is 88.1 Å². The maximum Gasteiger partial charge on any atom is 0.335 e. The number of rotatable bonds is 12. The van der Waals surface area contributed by atoms with Gasteiger partial charge in [0.25, 0.3) is 0 Å². The molecule has 8 heteroatoms. The molecule has 0 spiro atoms. The number of hydrogen-bond donors (Lipinski definition) is 0. The summed E-state index contributed by atoms with van der Waals surface area (Å²) in [4.78, 5) is 12.1. The summed E-state index contributed by atoms with van der Waals surface area (Å²) >= 11 is 0. The minimum atomic E-state index is -3.65. The first-order valence-corrected chi connectivity index (χ1v) is 13.7. The zero-order chi connectivity index (χ0) is 27.2. The Morgan fingerprint density at radius 1 is 0.889 bits per heavy atom. The molecule has 0 aliphatic carbocycles. The van der Waals surface area contributed by atoms with Gasteiger partial charge in [-0.05, 0) is 95.3 Å². The van der Waals surface area contributed by atoms with E-state index in [4.69, 9.17) is 18.4 Å². The lowest BCUT2D eigenvalue weighted by Crippen LogP contribution is -2.30. The molecule has 0 saturated carbocycles. The van der Waals surface area contributed by atoms with E-state index >= 15 is 0 Å². The van der Waals surface area contributed by atoms with Gasteiger partial charge in [0.1, 0.15) is 11.5 Å². The molecule has 0 aromatic heterocycles. The third kappa shape index (κ3) is 7.96. The van der Waals surface area contributed by atoms with Crippen molar-refractivity contribution >= 4 is 16.1 Å². The molecule has 2 rings (SSSR count). The van der Waals surface area contributed by atoms with Crippen LogP contribution < -0.4 is 8.92 Å². The fourth-order valence-electron chi connectivity index (χ4n) is 3.78. The Hall–Kier alpha value is -2.58. The summed E-state index contributed by atoms with van der Waals surface area (Å²) in [5.74, 6) is 0.735. The highest BCUT2D eigenvalue weighted by Gasteiger charge is 2.23. The Bertz CT molecular complexity index is 1150. The van der Waals surface area contributed by atoms with E-state index in [-0.39, 0.29) is 18.2 Å². The standard InChI is InChI=1S/C28H40O7S/c1-17(2)33-27(28(29)32-9)16-23-10-12-25(19(5)14-23)34-20(6)15-24-11-13-26(22(8)21(24)7)35-36(30,31)18(3)4/h10-14,17-18,20,27H,15-16H2,1-9H3/t20?,27-/m0/s1. The summed E-state index contributed by atoms with van der Waals surface area (Å²) in [6, 6.07) is 9.45. The van der Waals surface area contributed by atoms with Crippen LogP contribution in [0, 0.1) is 20.8 Å². The van der Waals surface area contributed by atoms with Gasteiger partial charge in [-0.15, -0.1) is 0 Å². The van der Waals surface area contributed by atoms with E-state index < -0.39 is 21.5 Å². The summed E-state index contributed by atoms with van der Waals surface area (Å²) < 4.78 is 46.5. The number of methoxy groups -OCH3 is 1. The predicted octanol–water partition coefficient (Wildman–Crippen LogP) is 5.25. The van der Waals surface area contributed by atoms with Crippen LogP contribution in [-0.2, 0) is 37.2 Å². The molecule has 0 bridgehead atoms. The molecule has 36 heavy (non-hydrogen) atoms. The molecule has 0 amide bonds. The van der Waals surface area contributed by atoms with E-state index in [1.807, 2.05) is 65.8 Å². The Morgan fingerprint density at radius 3 is 2.08 bits per heavy atom. The lowest BCUT2D eigenvalue weighted by molar-refractivity contribution is -0.156. The molecule has 0 heterocycles. The summed E-state index contributed by atoms with van der Waals surface area (Å²) in [6.45, 7) is 14.8. The first kappa shape index (κ1) is 29.6. The highest BCUT2D eigenvalue weighted by atomic mass is 32.2. The van der Waals surface area contributed by atoms with Crippen molar-refractivity contribution in [1.29, 1.82) is 0 Å². The van der Waals surface area contributed by atoms with E-state index in [2.05, 4.69) is 0 Å². The SMILES string of the molecule is COC(=O)[C@H](Cc1ccc(OC(C)Cc2ccc(OS(=O)(=O)C(C)C)c(C)c2C)c(C)c1)OC(C)C. The summed E-state index contributed by atoms with van der Waals surface area (Å²) in [7, 11) is -2.29. The average Bonchev–Trinajstić information content (AvgIpc) is 2.79. The van der Waals surface area contributed by atoms with Gasteiger partial charge in [0.05, 0.1) is 24.6 Å². The van der Waals surface area contributed by atoms with Crippen molar-refractivity contribution in [2.75, 3.05) is 7.11 Å². The number of esters is 1. The van der Waals surface area contributed by atoms with Crippen LogP contribution in [0.1, 0.15) is 62.4 Å². The van der Waals surface area contributed by atoms with Crippen LogP contribution >= 0.6 is 0 Å². The maximum absolute atomic E-state index is 12.2. The van der Waals surface area contributed by atoms with Crippen LogP contribution in [0.15, 0.2) is 30.3 Å². The number of aryl methyl sites for hydroxylation is 1. The second-order valence-corrected chi connectivity index (χ2v) is 11.8. The molecule has 0 radical (unpaired) electrons. The third-order valence-corrected chi connectivity index (χ3v) is 7.60. The first-order valence-electron chi connectivity index (χ1n) is 12.3. The molecular weight excluding hydrogens is 480 g/mol. The normalized spacial score (nSPS) is 13.5. The van der Waals surface area contributed by atoms with E-state index in [1.54, 1.807) is 19.9 Å². The molecule has 0 aliphatic heterocycles. The van der Waals surface area contributed by atoms with Crippen LogP contribution in [0.4, 0.5) is 0 Å². The number of ether oxygens (including phenoxy) is 3. The van der Waals surface area contributed by atoms with Gasteiger partial charge in [0, 0.05) is 12.8 Å². The highest BCUT2D eigenvalue weighted by molar-refractivity contribution is 7.87. The van der Waals surface area contributed by atoms with Crippen molar-refractivity contribution in [3.8, 4) is 11.5 Å². The Labute approximate surface area is 216 Å². The van der Waals surface area contributed by atoms with Crippen molar-refractivity contribution < 1.29 is 31.6 Å². The van der Waals surface area contributed by atoms with Crippen molar-refractivity contribution in [2.45, 2.75) is 91.8 Å². The molecule has 0 saturated heterocycles. The fraction of sp³-hybridized carbons (Fsp3) is 0.536. The largest absolute Gasteiger partial charge is 0.490 e. The first-order chi connectivity index (χ1) is 16.7. The smallest absolute Gasteiger partial charge is 0.335 e. The molecular formula is C28H40O7S. The molecule has 0 N–H and O–H groups in total. The van der Waals surface area contributed by atoms with Gasteiger partial charge in [0.2, 0.25) is 0 Å². The Morgan fingerprint density at radius 2 is 1.53 bits per heavy atom. The third-order valence-electron chi connectivity index (χ3n) is 6.03. The van der Waals surface area contributed by atoms with Crippen molar-refractivity contribution in [1.82, 2.24) is 0 Å². The summed E-state index contributed by atoms with van der Waals surface area (Å²) in [5, 5.41) is -0.617. The number of benzene rings is 2. The number of hydrogen-bond acceptors (Lipinski definition) is 7. The molecule has 0 aliphatic rings. The van der Waals surface area contributed by atoms with Crippen molar-refractivity contribution in [3.05, 3.63) is 58.1 Å². The lowest BCUT2D eigenvalue weighted by Gasteiger charge is -2.21. The van der Waals surface area contributed by atoms with Crippen LogP contribution in [0.2, 0.25) is 0 Å². The Kier molecular flexibility index (Phi) is 10.4.